The van der Waals surface area contributed by atoms with Crippen molar-refractivity contribution in [1.29, 1.82) is 0 Å². The molecule has 20 heavy (non-hydrogen) atoms. The van der Waals surface area contributed by atoms with Crippen LogP contribution in [0.5, 0.6) is 0 Å². The van der Waals surface area contributed by atoms with Gasteiger partial charge >= 0.3 is 5.97 Å². The van der Waals surface area contributed by atoms with Crippen LogP contribution >= 0.6 is 0 Å². The highest BCUT2D eigenvalue weighted by Crippen LogP contribution is 2.17. The maximum absolute atomic E-state index is 11.9. The van der Waals surface area contributed by atoms with Crippen LogP contribution in [0.4, 0.5) is 0 Å². The number of aryl methyl sites for hydroxylation is 1. The Morgan fingerprint density at radius 1 is 1.50 bits per heavy atom. The van der Waals surface area contributed by atoms with Crippen molar-refractivity contribution in [3.05, 3.63) is 17.8 Å². The van der Waals surface area contributed by atoms with E-state index in [4.69, 9.17) is 9.52 Å². The van der Waals surface area contributed by atoms with Crippen LogP contribution in [0.2, 0.25) is 0 Å². The van der Waals surface area contributed by atoms with E-state index in [0.29, 0.717) is 38.4 Å². The Kier molecular flexibility index (Phi) is 4.73. The number of rotatable bonds is 5. The molecular weight excluding hydrogens is 262 g/mol. The van der Waals surface area contributed by atoms with Crippen LogP contribution < -0.4 is 5.32 Å². The first-order valence-electron chi connectivity index (χ1n) is 6.69. The quantitative estimate of drug-likeness (QED) is 0.811. The summed E-state index contributed by atoms with van der Waals surface area (Å²) in [6, 6.07) is 0. The van der Waals surface area contributed by atoms with Crippen LogP contribution in [-0.4, -0.2) is 46.5 Å². The second-order valence-electron chi connectivity index (χ2n) is 4.96. The van der Waals surface area contributed by atoms with E-state index in [2.05, 4.69) is 10.3 Å². The van der Waals surface area contributed by atoms with Crippen molar-refractivity contribution >= 4 is 11.9 Å². The molecule has 1 aliphatic rings. The van der Waals surface area contributed by atoms with E-state index in [-0.39, 0.29) is 18.4 Å². The summed E-state index contributed by atoms with van der Waals surface area (Å²) in [5, 5.41) is 11.9. The van der Waals surface area contributed by atoms with Gasteiger partial charge < -0.3 is 14.4 Å². The van der Waals surface area contributed by atoms with Gasteiger partial charge in [0.15, 0.2) is 0 Å². The maximum Gasteiger partial charge on any atom is 0.306 e. The molecule has 1 aromatic heterocycles. The van der Waals surface area contributed by atoms with Crippen LogP contribution in [-0.2, 0) is 16.1 Å². The summed E-state index contributed by atoms with van der Waals surface area (Å²) < 4.78 is 5.29. The minimum Gasteiger partial charge on any atom is -0.481 e. The second kappa shape index (κ2) is 6.51. The first-order valence-corrected chi connectivity index (χ1v) is 6.69. The lowest BCUT2D eigenvalue weighted by molar-refractivity contribution is -0.145. The standard InChI is InChI=1S/C13H19N3O4/c1-9-6-15-11(20-9)7-14-8-12(17)16-4-2-10(3-5-16)13(18)19/h6,10,14H,2-5,7-8H2,1H3,(H,18,19). The number of carboxylic acids is 1. The zero-order valence-electron chi connectivity index (χ0n) is 11.5. The molecule has 110 valence electrons. The van der Waals surface area contributed by atoms with Gasteiger partial charge in [0.05, 0.1) is 25.2 Å². The van der Waals surface area contributed by atoms with E-state index in [1.165, 1.54) is 0 Å². The van der Waals surface area contributed by atoms with Gasteiger partial charge in [0.1, 0.15) is 5.76 Å². The fourth-order valence-corrected chi connectivity index (χ4v) is 2.25. The molecule has 0 spiro atoms. The molecular formula is C13H19N3O4. The van der Waals surface area contributed by atoms with Crippen molar-refractivity contribution in [3.63, 3.8) is 0 Å². The van der Waals surface area contributed by atoms with Crippen molar-refractivity contribution in [2.45, 2.75) is 26.3 Å². The predicted molar refractivity (Wildman–Crippen MR) is 69.9 cm³/mol. The minimum absolute atomic E-state index is 0.0166. The molecule has 2 N–H and O–H groups in total. The Morgan fingerprint density at radius 2 is 2.20 bits per heavy atom. The predicted octanol–water partition coefficient (Wildman–Crippen LogP) is 0.396. The van der Waals surface area contributed by atoms with Crippen molar-refractivity contribution < 1.29 is 19.1 Å². The summed E-state index contributed by atoms with van der Waals surface area (Å²) in [6.45, 7) is 3.45. The van der Waals surface area contributed by atoms with E-state index in [1.54, 1.807) is 11.1 Å². The first-order chi connectivity index (χ1) is 9.56. The molecule has 7 nitrogen and oxygen atoms in total. The van der Waals surface area contributed by atoms with Crippen LogP contribution in [0.3, 0.4) is 0 Å². The summed E-state index contributed by atoms with van der Waals surface area (Å²) in [4.78, 5) is 28.5. The van der Waals surface area contributed by atoms with E-state index < -0.39 is 5.97 Å². The van der Waals surface area contributed by atoms with Gasteiger partial charge in [-0.2, -0.15) is 0 Å². The van der Waals surface area contributed by atoms with Crippen molar-refractivity contribution in [1.82, 2.24) is 15.2 Å². The number of nitrogens with one attached hydrogen (secondary N) is 1. The summed E-state index contributed by atoms with van der Waals surface area (Å²) >= 11 is 0. The Balaban J connectivity index is 1.69. The zero-order chi connectivity index (χ0) is 14.5. The molecule has 0 aliphatic carbocycles. The van der Waals surface area contributed by atoms with Crippen LogP contribution in [0, 0.1) is 12.8 Å². The molecule has 0 radical (unpaired) electrons. The first kappa shape index (κ1) is 14.5. The number of carboxylic acid groups (broad SMARTS) is 1. The Bertz CT molecular complexity index is 478. The number of hydrogen-bond donors (Lipinski definition) is 2. The van der Waals surface area contributed by atoms with Crippen LogP contribution in [0.25, 0.3) is 0 Å². The van der Waals surface area contributed by atoms with Gasteiger partial charge in [-0.25, -0.2) is 4.98 Å². The van der Waals surface area contributed by atoms with E-state index >= 15 is 0 Å². The van der Waals surface area contributed by atoms with Gasteiger partial charge in [-0.1, -0.05) is 0 Å². The Labute approximate surface area is 117 Å². The maximum atomic E-state index is 11.9. The third kappa shape index (κ3) is 3.80. The van der Waals surface area contributed by atoms with E-state index in [1.807, 2.05) is 6.92 Å². The minimum atomic E-state index is -0.769. The summed E-state index contributed by atoms with van der Waals surface area (Å²) in [7, 11) is 0. The van der Waals surface area contributed by atoms with E-state index in [9.17, 15) is 9.59 Å². The Morgan fingerprint density at radius 3 is 2.75 bits per heavy atom. The molecule has 1 fully saturated rings. The number of oxazole rings is 1. The molecule has 0 unspecified atom stereocenters. The monoisotopic (exact) mass is 281 g/mol. The van der Waals surface area contributed by atoms with Gasteiger partial charge in [-0.3, -0.25) is 14.9 Å². The molecule has 0 saturated carbocycles. The SMILES string of the molecule is Cc1cnc(CNCC(=O)N2CCC(C(=O)O)CC2)o1. The van der Waals surface area contributed by atoms with E-state index in [0.717, 1.165) is 5.76 Å². The lowest BCUT2D eigenvalue weighted by Gasteiger charge is -2.30. The molecule has 7 heteroatoms. The fraction of sp³-hybridized carbons (Fsp3) is 0.615. The van der Waals surface area contributed by atoms with Gasteiger partial charge in [-0.15, -0.1) is 0 Å². The van der Waals surface area contributed by atoms with Gasteiger partial charge in [0.25, 0.3) is 0 Å². The largest absolute Gasteiger partial charge is 0.481 e. The van der Waals surface area contributed by atoms with Gasteiger partial charge in [0.2, 0.25) is 11.8 Å². The lowest BCUT2D eigenvalue weighted by Crippen LogP contribution is -2.44. The molecule has 2 heterocycles. The highest BCUT2D eigenvalue weighted by molar-refractivity contribution is 5.78. The number of amides is 1. The number of nitrogens with zero attached hydrogens (tertiary/aromatic N) is 2. The lowest BCUT2D eigenvalue weighted by atomic mass is 9.97. The van der Waals surface area contributed by atoms with Crippen LogP contribution in [0.15, 0.2) is 10.6 Å². The third-order valence-corrected chi connectivity index (χ3v) is 3.42. The van der Waals surface area contributed by atoms with Crippen molar-refractivity contribution in [3.8, 4) is 0 Å². The van der Waals surface area contributed by atoms with Crippen molar-refractivity contribution in [2.24, 2.45) is 5.92 Å². The summed E-state index contributed by atoms with van der Waals surface area (Å²) in [6.07, 6.45) is 2.69. The Hall–Kier alpha value is -1.89. The smallest absolute Gasteiger partial charge is 0.306 e. The van der Waals surface area contributed by atoms with Gasteiger partial charge in [0, 0.05) is 13.1 Å². The number of hydrogen-bond acceptors (Lipinski definition) is 5. The number of carbonyl (C=O) groups excluding carboxylic acids is 1. The average molecular weight is 281 g/mol. The summed E-state index contributed by atoms with van der Waals surface area (Å²) in [5.41, 5.74) is 0. The second-order valence-corrected chi connectivity index (χ2v) is 4.96. The molecule has 2 rings (SSSR count). The molecule has 0 atom stereocenters. The highest BCUT2D eigenvalue weighted by Gasteiger charge is 2.26. The molecule has 1 aliphatic heterocycles. The van der Waals surface area contributed by atoms with Gasteiger partial charge in [-0.05, 0) is 19.8 Å². The number of piperidine rings is 1. The van der Waals surface area contributed by atoms with Crippen LogP contribution in [0.1, 0.15) is 24.5 Å². The fourth-order valence-electron chi connectivity index (χ4n) is 2.25. The average Bonchev–Trinajstić information content (AvgIpc) is 2.84. The number of likely N-dealkylation sites (tertiary alicyclic amines) is 1. The topological polar surface area (TPSA) is 95.7 Å². The molecule has 1 aromatic rings. The highest BCUT2D eigenvalue weighted by atomic mass is 16.4. The normalized spacial score (nSPS) is 16.4. The molecule has 1 amide bonds. The molecule has 0 aromatic carbocycles. The molecule has 0 bridgehead atoms. The summed E-state index contributed by atoms with van der Waals surface area (Å²) in [5.74, 6) is 0.192. The number of carbonyl (C=O) groups is 2. The number of aliphatic carboxylic acids is 1. The third-order valence-electron chi connectivity index (χ3n) is 3.42. The van der Waals surface area contributed by atoms with Crippen molar-refractivity contribution in [2.75, 3.05) is 19.6 Å². The number of aromatic nitrogens is 1. The zero-order valence-corrected chi connectivity index (χ0v) is 11.5. The molecule has 1 saturated heterocycles.